The number of fused-ring (bicyclic) bond motifs is 1. The van der Waals surface area contributed by atoms with E-state index in [9.17, 15) is 8.96 Å². The molecule has 1 aliphatic heterocycles. The van der Waals surface area contributed by atoms with Crippen molar-refractivity contribution < 1.29 is 8.96 Å². The van der Waals surface area contributed by atoms with Crippen LogP contribution in [0.2, 0.25) is 0 Å². The first-order valence-electron chi connectivity index (χ1n) is 10.6. The van der Waals surface area contributed by atoms with Crippen LogP contribution in [-0.4, -0.2) is 27.3 Å². The summed E-state index contributed by atoms with van der Waals surface area (Å²) in [4.78, 5) is 4.88. The van der Waals surface area contributed by atoms with Crippen LogP contribution in [0, 0.1) is 19.7 Å². The van der Waals surface area contributed by atoms with Crippen LogP contribution in [0.3, 0.4) is 0 Å². The highest BCUT2D eigenvalue weighted by Crippen LogP contribution is 2.54. The fraction of sp³-hybridized carbons (Fsp3) is 0.120. The molecule has 166 valence electrons. The van der Waals surface area contributed by atoms with Gasteiger partial charge >= 0.3 is 0 Å². The number of rotatable bonds is 4. The summed E-state index contributed by atoms with van der Waals surface area (Å²) in [6.07, 6.45) is 0. The van der Waals surface area contributed by atoms with Crippen molar-refractivity contribution in [1.29, 1.82) is 0 Å². The molecule has 1 aliphatic rings. The molecule has 0 amide bonds. The molecular formula is C25H23FN5OP. The number of aromatic nitrogens is 2. The Balaban J connectivity index is 1.74. The zero-order chi connectivity index (χ0) is 23.2. The van der Waals surface area contributed by atoms with Crippen molar-refractivity contribution in [2.75, 3.05) is 12.1 Å². The minimum atomic E-state index is -3.43. The van der Waals surface area contributed by atoms with Crippen LogP contribution in [0.5, 0.6) is 0 Å². The van der Waals surface area contributed by atoms with E-state index in [1.54, 1.807) is 28.5 Å². The Labute approximate surface area is 191 Å². The van der Waals surface area contributed by atoms with Gasteiger partial charge in [0.05, 0.1) is 11.4 Å². The molecule has 2 heterocycles. The first-order valence-corrected chi connectivity index (χ1v) is 12.2. The normalized spacial score (nSPS) is 17.5. The number of para-hydroxylation sites is 1. The van der Waals surface area contributed by atoms with E-state index in [1.807, 2.05) is 68.4 Å². The van der Waals surface area contributed by atoms with Crippen molar-refractivity contribution in [2.45, 2.75) is 13.8 Å². The van der Waals surface area contributed by atoms with E-state index in [1.165, 1.54) is 12.1 Å². The molecule has 33 heavy (non-hydrogen) atoms. The standard InChI is InChI=1S/C25H23FN5OP/c1-17-9-15-21(16-10-17)29-33(32)23-18(2)28-31(22-7-5-4-6-8-22)25(23)27-24(30(33)3)19-11-13-20(26)14-12-19/h4-16H,1-3H3,(H,29,32). The van der Waals surface area contributed by atoms with E-state index in [0.29, 0.717) is 28.2 Å². The van der Waals surface area contributed by atoms with Gasteiger partial charge in [-0.25, -0.2) is 14.1 Å². The Hall–Kier alpha value is -3.70. The number of nitrogens with zero attached hydrogens (tertiary/aromatic N) is 4. The quantitative estimate of drug-likeness (QED) is 0.405. The van der Waals surface area contributed by atoms with Crippen LogP contribution in [-0.2, 0) is 4.57 Å². The highest BCUT2D eigenvalue weighted by Gasteiger charge is 2.43. The molecule has 3 aromatic carbocycles. The van der Waals surface area contributed by atoms with Gasteiger partial charge < -0.3 is 5.09 Å². The van der Waals surface area contributed by atoms with Crippen molar-refractivity contribution >= 4 is 30.1 Å². The number of anilines is 1. The molecule has 1 aromatic heterocycles. The fourth-order valence-electron chi connectivity index (χ4n) is 3.95. The molecule has 0 aliphatic carbocycles. The molecule has 1 unspecified atom stereocenters. The predicted molar refractivity (Wildman–Crippen MR) is 131 cm³/mol. The third-order valence-corrected chi connectivity index (χ3v) is 8.41. The predicted octanol–water partition coefficient (Wildman–Crippen LogP) is 5.58. The fourth-order valence-corrected chi connectivity index (χ4v) is 6.34. The number of aryl methyl sites for hydroxylation is 2. The third kappa shape index (κ3) is 3.64. The van der Waals surface area contributed by atoms with Crippen molar-refractivity contribution in [3.8, 4) is 5.69 Å². The largest absolute Gasteiger partial charge is 0.317 e. The highest BCUT2D eigenvalue weighted by molar-refractivity contribution is 7.72. The van der Waals surface area contributed by atoms with Gasteiger partial charge in [-0.1, -0.05) is 35.9 Å². The molecule has 4 aromatic rings. The van der Waals surface area contributed by atoms with Crippen LogP contribution in [0.1, 0.15) is 16.8 Å². The molecular weight excluding hydrogens is 436 g/mol. The Bertz CT molecular complexity index is 1400. The van der Waals surface area contributed by atoms with E-state index in [-0.39, 0.29) is 5.82 Å². The molecule has 0 spiro atoms. The summed E-state index contributed by atoms with van der Waals surface area (Å²) in [7, 11) is -1.68. The highest BCUT2D eigenvalue weighted by atomic mass is 31.2. The summed E-state index contributed by atoms with van der Waals surface area (Å²) >= 11 is 0. The lowest BCUT2D eigenvalue weighted by atomic mass is 10.2. The second-order valence-electron chi connectivity index (χ2n) is 8.02. The average molecular weight is 459 g/mol. The lowest BCUT2D eigenvalue weighted by molar-refractivity contribution is 0.553. The summed E-state index contributed by atoms with van der Waals surface area (Å²) in [5, 5.41) is 8.54. The average Bonchev–Trinajstić information content (AvgIpc) is 3.16. The Kier molecular flexibility index (Phi) is 5.14. The molecule has 1 atom stereocenters. The van der Waals surface area contributed by atoms with Gasteiger partial charge in [0, 0.05) is 18.3 Å². The van der Waals surface area contributed by atoms with Gasteiger partial charge in [-0.3, -0.25) is 9.24 Å². The topological polar surface area (TPSA) is 62.5 Å². The monoisotopic (exact) mass is 459 g/mol. The third-order valence-electron chi connectivity index (χ3n) is 5.68. The summed E-state index contributed by atoms with van der Waals surface area (Å²) in [6.45, 7) is 3.85. The smallest absolute Gasteiger partial charge is 0.296 e. The van der Waals surface area contributed by atoms with Gasteiger partial charge in [0.1, 0.15) is 17.0 Å². The number of nitrogens with one attached hydrogen (secondary N) is 1. The number of benzene rings is 3. The van der Waals surface area contributed by atoms with E-state index < -0.39 is 7.44 Å². The van der Waals surface area contributed by atoms with E-state index >= 15 is 0 Å². The molecule has 1 N–H and O–H groups in total. The van der Waals surface area contributed by atoms with Gasteiger partial charge in [0.2, 0.25) is 0 Å². The zero-order valence-electron chi connectivity index (χ0n) is 18.5. The molecule has 5 rings (SSSR count). The minimum Gasteiger partial charge on any atom is -0.317 e. The van der Waals surface area contributed by atoms with Gasteiger partial charge in [0.25, 0.3) is 7.44 Å². The molecule has 0 radical (unpaired) electrons. The van der Waals surface area contributed by atoms with Gasteiger partial charge in [-0.2, -0.15) is 5.10 Å². The SMILES string of the molecule is Cc1ccc(NP2(=O)c3c(C)nn(-c4ccccc4)c3N=C(c3ccc(F)cc3)N2C)cc1. The Morgan fingerprint density at radius 3 is 2.24 bits per heavy atom. The Morgan fingerprint density at radius 2 is 1.58 bits per heavy atom. The van der Waals surface area contributed by atoms with Crippen molar-refractivity contribution in [3.63, 3.8) is 0 Å². The maximum Gasteiger partial charge on any atom is 0.296 e. The van der Waals surface area contributed by atoms with Crippen molar-refractivity contribution in [1.82, 2.24) is 14.5 Å². The molecule has 6 nitrogen and oxygen atoms in total. The summed E-state index contributed by atoms with van der Waals surface area (Å²) < 4.78 is 31.8. The number of aliphatic imine (C=N–C) groups is 1. The van der Waals surface area contributed by atoms with E-state index in [4.69, 9.17) is 10.1 Å². The summed E-state index contributed by atoms with van der Waals surface area (Å²) in [5.41, 5.74) is 3.95. The molecule has 0 saturated carbocycles. The minimum absolute atomic E-state index is 0.343. The Morgan fingerprint density at radius 1 is 0.909 bits per heavy atom. The lowest BCUT2D eigenvalue weighted by Gasteiger charge is -2.35. The molecule has 8 heteroatoms. The molecule has 0 bridgehead atoms. The van der Waals surface area contributed by atoms with Crippen LogP contribution in [0.15, 0.2) is 83.9 Å². The number of amidine groups is 1. The summed E-state index contributed by atoms with van der Waals surface area (Å²) in [5.74, 6) is 0.631. The van der Waals surface area contributed by atoms with Crippen LogP contribution < -0.4 is 10.4 Å². The second kappa shape index (κ2) is 8.01. The number of hydrogen-bond acceptors (Lipinski definition) is 3. The van der Waals surface area contributed by atoms with Gasteiger partial charge in [0.15, 0.2) is 5.82 Å². The number of hydrogen-bond donors (Lipinski definition) is 1. The van der Waals surface area contributed by atoms with Gasteiger partial charge in [-0.05, 0) is 62.4 Å². The number of halogens is 1. The summed E-state index contributed by atoms with van der Waals surface area (Å²) in [6, 6.07) is 23.4. The molecule has 0 saturated heterocycles. The van der Waals surface area contributed by atoms with Crippen molar-refractivity contribution in [3.05, 3.63) is 102 Å². The maximum atomic E-state index is 14.8. The second-order valence-corrected chi connectivity index (χ2v) is 10.4. The zero-order valence-corrected chi connectivity index (χ0v) is 19.4. The first kappa shape index (κ1) is 21.2. The lowest BCUT2D eigenvalue weighted by Crippen LogP contribution is -2.36. The van der Waals surface area contributed by atoms with Gasteiger partial charge in [-0.15, -0.1) is 0 Å². The van der Waals surface area contributed by atoms with E-state index in [0.717, 1.165) is 16.9 Å². The van der Waals surface area contributed by atoms with Crippen LogP contribution in [0.25, 0.3) is 5.69 Å². The van der Waals surface area contributed by atoms with Crippen LogP contribution in [0.4, 0.5) is 15.9 Å². The molecule has 0 fully saturated rings. The van der Waals surface area contributed by atoms with E-state index in [2.05, 4.69) is 5.09 Å². The maximum absolute atomic E-state index is 14.8. The van der Waals surface area contributed by atoms with Crippen LogP contribution >= 0.6 is 7.44 Å². The van der Waals surface area contributed by atoms with Crippen molar-refractivity contribution in [2.24, 2.45) is 4.99 Å². The first-order chi connectivity index (χ1) is 15.9.